The fourth-order valence-electron chi connectivity index (χ4n) is 8.86. The van der Waals surface area contributed by atoms with Gasteiger partial charge in [-0.3, -0.25) is 0 Å². The van der Waals surface area contributed by atoms with Crippen LogP contribution in [0.5, 0.6) is 0 Å². The number of para-hydroxylation sites is 2. The smallest absolute Gasteiger partial charge is 0.227 e. The minimum Gasteiger partial charge on any atom is -0.456 e. The lowest BCUT2D eigenvalue weighted by Gasteiger charge is -2.30. The Hall–Kier alpha value is -7.93. The summed E-state index contributed by atoms with van der Waals surface area (Å²) in [7, 11) is 0. The number of hydrogen-bond donors (Lipinski definition) is 0. The summed E-state index contributed by atoms with van der Waals surface area (Å²) in [6, 6.07) is 74.7. The molecule has 0 atom stereocenters. The number of fused-ring (bicyclic) bond motifs is 7. The van der Waals surface area contributed by atoms with E-state index in [0.29, 0.717) is 18.0 Å². The third-order valence-electron chi connectivity index (χ3n) is 11.8. The summed E-state index contributed by atoms with van der Waals surface area (Å²) >= 11 is 1.82. The highest BCUT2D eigenvalue weighted by Gasteiger charge is 2.26. The van der Waals surface area contributed by atoms with Crippen LogP contribution in [0.15, 0.2) is 221 Å². The van der Waals surface area contributed by atoms with Gasteiger partial charge in [-0.05, 0) is 89.5 Å². The molecule has 0 unspecified atom stereocenters. The Bertz CT molecular complexity index is 3570. The third kappa shape index (κ3) is 6.19. The summed E-state index contributed by atoms with van der Waals surface area (Å²) in [6.45, 7) is 0.581. The Morgan fingerprint density at radius 2 is 1.13 bits per heavy atom. The average Bonchev–Trinajstić information content (AvgIpc) is 4.06. The van der Waals surface area contributed by atoms with Crippen LogP contribution in [0.3, 0.4) is 0 Å². The van der Waals surface area contributed by atoms with Crippen LogP contribution < -0.4 is 9.80 Å². The second kappa shape index (κ2) is 15.0. The van der Waals surface area contributed by atoms with Crippen molar-refractivity contribution in [3.8, 4) is 22.6 Å². The van der Waals surface area contributed by atoms with E-state index in [9.17, 15) is 0 Å². The fourth-order valence-corrected chi connectivity index (χ4v) is 10.1. The molecule has 6 heteroatoms. The van der Waals surface area contributed by atoms with Crippen LogP contribution in [0, 0.1) is 0 Å². The van der Waals surface area contributed by atoms with Gasteiger partial charge in [-0.2, -0.15) is 0 Å². The van der Waals surface area contributed by atoms with Crippen LogP contribution >= 0.6 is 11.3 Å². The van der Waals surface area contributed by atoms with Gasteiger partial charge in [0.05, 0.1) is 16.1 Å². The molecule has 3 heterocycles. The number of thiophene rings is 1. The molecular weight excluding hydrogens is 779 g/mol. The number of hydrogen-bond acceptors (Lipinski definition) is 6. The first-order valence-corrected chi connectivity index (χ1v) is 21.6. The quantitative estimate of drug-likeness (QED) is 0.145. The summed E-state index contributed by atoms with van der Waals surface area (Å²) in [5.41, 5.74) is 12.6. The van der Waals surface area contributed by atoms with Crippen molar-refractivity contribution in [2.45, 2.75) is 6.54 Å². The SMILES string of the molecule is c1ccc(-c2nc3cc(N(Cc4ccccc4-c4ccccc4)c4ccc5oc6ccccc6c5c4)cc(N(c4ccccc4)c4cccc5c4sc4ccccc45)c3o2)cc1. The molecule has 62 heavy (non-hydrogen) atoms. The lowest BCUT2D eigenvalue weighted by atomic mass is 9.99. The molecule has 294 valence electrons. The number of oxazole rings is 1. The summed E-state index contributed by atoms with van der Waals surface area (Å²) < 4.78 is 15.7. The predicted octanol–water partition coefficient (Wildman–Crippen LogP) is 16.2. The maximum Gasteiger partial charge on any atom is 0.227 e. The maximum atomic E-state index is 6.93. The molecule has 12 rings (SSSR count). The second-order valence-electron chi connectivity index (χ2n) is 15.5. The van der Waals surface area contributed by atoms with E-state index in [0.717, 1.165) is 61.5 Å². The lowest BCUT2D eigenvalue weighted by molar-refractivity contribution is 0.620. The predicted molar refractivity (Wildman–Crippen MR) is 258 cm³/mol. The molecule has 0 aliphatic rings. The molecule has 0 N–H and O–H groups in total. The Kier molecular flexibility index (Phi) is 8.68. The normalized spacial score (nSPS) is 11.6. The fraction of sp³-hybridized carbons (Fsp3) is 0.0179. The first kappa shape index (κ1) is 36.0. The number of rotatable bonds is 9. The third-order valence-corrected chi connectivity index (χ3v) is 13.0. The van der Waals surface area contributed by atoms with Gasteiger partial charge < -0.3 is 18.6 Å². The van der Waals surface area contributed by atoms with Gasteiger partial charge >= 0.3 is 0 Å². The van der Waals surface area contributed by atoms with Crippen molar-refractivity contribution in [2.75, 3.05) is 9.80 Å². The van der Waals surface area contributed by atoms with Crippen molar-refractivity contribution in [1.29, 1.82) is 0 Å². The molecule has 0 aliphatic heterocycles. The van der Waals surface area contributed by atoms with Crippen molar-refractivity contribution in [3.63, 3.8) is 0 Å². The summed E-state index contributed by atoms with van der Waals surface area (Å²) in [5.74, 6) is 0.569. The van der Waals surface area contributed by atoms with Crippen LogP contribution in [0.1, 0.15) is 5.56 Å². The molecule has 0 spiro atoms. The molecule has 5 nitrogen and oxygen atoms in total. The zero-order valence-corrected chi connectivity index (χ0v) is 34.3. The number of aromatic nitrogens is 1. The van der Waals surface area contributed by atoms with Gasteiger partial charge in [0.15, 0.2) is 5.58 Å². The Balaban J connectivity index is 1.14. The molecular formula is C56H37N3O2S. The van der Waals surface area contributed by atoms with Crippen molar-refractivity contribution in [1.82, 2.24) is 4.98 Å². The monoisotopic (exact) mass is 815 g/mol. The highest BCUT2D eigenvalue weighted by Crippen LogP contribution is 2.49. The van der Waals surface area contributed by atoms with Gasteiger partial charge in [0.25, 0.3) is 0 Å². The highest BCUT2D eigenvalue weighted by molar-refractivity contribution is 7.26. The zero-order chi connectivity index (χ0) is 41.0. The second-order valence-corrected chi connectivity index (χ2v) is 16.6. The first-order chi connectivity index (χ1) is 30.7. The molecule has 0 bridgehead atoms. The molecule has 9 aromatic carbocycles. The van der Waals surface area contributed by atoms with Gasteiger partial charge in [0.1, 0.15) is 16.7 Å². The highest BCUT2D eigenvalue weighted by atomic mass is 32.1. The van der Waals surface area contributed by atoms with E-state index in [4.69, 9.17) is 13.8 Å². The van der Waals surface area contributed by atoms with Gasteiger partial charge in [-0.1, -0.05) is 140 Å². The molecule has 0 amide bonds. The molecule has 0 saturated carbocycles. The number of furan rings is 1. The van der Waals surface area contributed by atoms with E-state index in [2.05, 4.69) is 192 Å². The number of anilines is 5. The van der Waals surface area contributed by atoms with Crippen molar-refractivity contribution in [3.05, 3.63) is 218 Å². The minimum absolute atomic E-state index is 0.569. The molecule has 0 aliphatic carbocycles. The van der Waals surface area contributed by atoms with Crippen molar-refractivity contribution >= 4 is 93.0 Å². The molecule has 3 aromatic heterocycles. The van der Waals surface area contributed by atoms with Crippen LogP contribution in [0.4, 0.5) is 28.4 Å². The standard InChI is InChI=1S/C56H37N3O2S/c1-4-17-37(18-5-1)43-24-11-10-21-39(43)36-58(41-31-32-52-47(33-41)44-25-12-14-29-51(44)60-52)42-34-48-54(61-56(57-48)38-19-6-2-7-20-38)50(35-42)59(40-22-8-3-9-23-40)49-28-16-27-46-45-26-13-15-30-53(45)62-55(46)49/h1-35H,36H2. The maximum absolute atomic E-state index is 6.93. The van der Waals surface area contributed by atoms with Gasteiger partial charge in [-0.15, -0.1) is 11.3 Å². The Morgan fingerprint density at radius 3 is 1.97 bits per heavy atom. The Labute approximate surface area is 362 Å². The molecule has 0 radical (unpaired) electrons. The first-order valence-electron chi connectivity index (χ1n) is 20.8. The van der Waals surface area contributed by atoms with Gasteiger partial charge in [-0.25, -0.2) is 4.98 Å². The number of benzene rings is 9. The van der Waals surface area contributed by atoms with Crippen molar-refractivity contribution < 1.29 is 8.83 Å². The number of nitrogens with zero attached hydrogens (tertiary/aromatic N) is 3. The largest absolute Gasteiger partial charge is 0.456 e. The van der Waals surface area contributed by atoms with Gasteiger partial charge in [0.2, 0.25) is 5.89 Å². The molecule has 0 saturated heterocycles. The van der Waals surface area contributed by atoms with E-state index in [1.165, 1.54) is 36.9 Å². The van der Waals surface area contributed by atoms with E-state index in [-0.39, 0.29) is 0 Å². The molecule has 0 fully saturated rings. The summed E-state index contributed by atoms with van der Waals surface area (Å²) in [5, 5.41) is 4.62. The van der Waals surface area contributed by atoms with Crippen LogP contribution in [-0.2, 0) is 6.54 Å². The average molecular weight is 816 g/mol. The van der Waals surface area contributed by atoms with Gasteiger partial charge in [0, 0.05) is 55.4 Å². The van der Waals surface area contributed by atoms with Crippen LogP contribution in [-0.4, -0.2) is 4.98 Å². The Morgan fingerprint density at radius 1 is 0.452 bits per heavy atom. The van der Waals surface area contributed by atoms with Crippen LogP contribution in [0.2, 0.25) is 0 Å². The summed E-state index contributed by atoms with van der Waals surface area (Å²) in [6.07, 6.45) is 0. The zero-order valence-electron chi connectivity index (χ0n) is 33.5. The van der Waals surface area contributed by atoms with E-state index in [1.807, 2.05) is 41.7 Å². The molecule has 12 aromatic rings. The summed E-state index contributed by atoms with van der Waals surface area (Å²) in [4.78, 5) is 10.0. The van der Waals surface area contributed by atoms with E-state index < -0.39 is 0 Å². The van der Waals surface area contributed by atoms with E-state index in [1.54, 1.807) is 0 Å². The minimum atomic E-state index is 0.569. The topological polar surface area (TPSA) is 45.7 Å². The van der Waals surface area contributed by atoms with Crippen molar-refractivity contribution in [2.24, 2.45) is 0 Å². The van der Waals surface area contributed by atoms with E-state index >= 15 is 0 Å². The van der Waals surface area contributed by atoms with Crippen LogP contribution in [0.25, 0.3) is 75.8 Å². The lowest BCUT2D eigenvalue weighted by Crippen LogP contribution is -2.18.